The number of piperidine rings is 1. The van der Waals surface area contributed by atoms with E-state index in [4.69, 9.17) is 15.5 Å². The summed E-state index contributed by atoms with van der Waals surface area (Å²) < 4.78 is 5.62. The first-order valence-electron chi connectivity index (χ1n) is 10.5. The van der Waals surface area contributed by atoms with Gasteiger partial charge in [0.05, 0.1) is 0 Å². The highest BCUT2D eigenvalue weighted by Crippen LogP contribution is 2.41. The average Bonchev–Trinajstić information content (AvgIpc) is 3.07. The Morgan fingerprint density at radius 2 is 2.04 bits per heavy atom. The summed E-state index contributed by atoms with van der Waals surface area (Å²) in [5.41, 5.74) is 5.71. The molecule has 1 heterocycles. The fraction of sp³-hybridized carbons (Fsp3) is 0.900. The monoisotopic (exact) mass is 494 g/mol. The first-order chi connectivity index (χ1) is 12.6. The molecule has 0 bridgehead atoms. The van der Waals surface area contributed by atoms with Gasteiger partial charge in [-0.1, -0.05) is 12.8 Å². The van der Waals surface area contributed by atoms with Gasteiger partial charge in [0.1, 0.15) is 0 Å². The van der Waals surface area contributed by atoms with Crippen molar-refractivity contribution in [3.63, 3.8) is 0 Å². The van der Waals surface area contributed by atoms with Gasteiger partial charge in [0.15, 0.2) is 5.96 Å². The van der Waals surface area contributed by atoms with Crippen LogP contribution < -0.4 is 11.1 Å². The Kier molecular flexibility index (Phi) is 11.6. The second-order valence-electron chi connectivity index (χ2n) is 7.95. The van der Waals surface area contributed by atoms with E-state index < -0.39 is 0 Å². The predicted molar refractivity (Wildman–Crippen MR) is 122 cm³/mol. The molecule has 1 saturated heterocycles. The lowest BCUT2D eigenvalue weighted by atomic mass is 9.83. The van der Waals surface area contributed by atoms with Crippen LogP contribution in [0.4, 0.5) is 0 Å². The number of ether oxygens (including phenoxy) is 1. The van der Waals surface area contributed by atoms with E-state index in [1.165, 1.54) is 25.7 Å². The lowest BCUT2D eigenvalue weighted by Crippen LogP contribution is -2.47. The van der Waals surface area contributed by atoms with E-state index in [1.54, 1.807) is 0 Å². The number of hydrogen-bond donors (Lipinski definition) is 2. The summed E-state index contributed by atoms with van der Waals surface area (Å²) in [6.07, 6.45) is 8.89. The zero-order valence-electron chi connectivity index (χ0n) is 17.2. The molecular formula is C20H39IN4O2. The van der Waals surface area contributed by atoms with Crippen LogP contribution in [0.3, 0.4) is 0 Å². The van der Waals surface area contributed by atoms with Gasteiger partial charge in [-0.15, -0.1) is 24.0 Å². The Labute approximate surface area is 182 Å². The zero-order valence-corrected chi connectivity index (χ0v) is 19.5. The molecule has 2 rings (SSSR count). The quantitative estimate of drug-likeness (QED) is 0.224. The Morgan fingerprint density at radius 1 is 1.30 bits per heavy atom. The number of carbonyl (C=O) groups excluding carboxylic acids is 1. The van der Waals surface area contributed by atoms with Gasteiger partial charge in [-0.05, 0) is 57.3 Å². The van der Waals surface area contributed by atoms with Crippen LogP contribution in [-0.2, 0) is 9.53 Å². The van der Waals surface area contributed by atoms with Gasteiger partial charge in [-0.3, -0.25) is 9.79 Å². The van der Waals surface area contributed by atoms with Crippen LogP contribution in [0, 0.1) is 11.3 Å². The third-order valence-corrected chi connectivity index (χ3v) is 5.85. The molecule has 0 aromatic rings. The van der Waals surface area contributed by atoms with Gasteiger partial charge in [0.25, 0.3) is 0 Å². The Balaban J connectivity index is 0.00000364. The van der Waals surface area contributed by atoms with Crippen molar-refractivity contribution in [1.82, 2.24) is 10.2 Å². The number of carbonyl (C=O) groups is 1. The third-order valence-electron chi connectivity index (χ3n) is 5.85. The number of aliphatic imine (C=N–C) groups is 1. The zero-order chi connectivity index (χ0) is 18.8. The number of guanidine groups is 1. The van der Waals surface area contributed by atoms with E-state index in [9.17, 15) is 4.79 Å². The minimum absolute atomic E-state index is 0. The Hall–Kier alpha value is -0.570. The average molecular weight is 494 g/mol. The Morgan fingerprint density at radius 3 is 2.67 bits per heavy atom. The van der Waals surface area contributed by atoms with Crippen LogP contribution in [0.5, 0.6) is 0 Å². The fourth-order valence-corrected chi connectivity index (χ4v) is 4.42. The first kappa shape index (κ1) is 24.5. The standard InChI is InChI=1S/C20H38N4O2.HI/c1-3-22-19(24-12-7-8-17(15-24)14-18(21)25)23-16-20(9-5-6-10-20)11-13-26-4-2;/h17H,3-16H2,1-2H3,(H2,21,25)(H,22,23);1H. The lowest BCUT2D eigenvalue weighted by molar-refractivity contribution is -0.119. The summed E-state index contributed by atoms with van der Waals surface area (Å²) in [4.78, 5) is 18.7. The molecule has 0 aromatic heterocycles. The second kappa shape index (κ2) is 12.8. The predicted octanol–water partition coefficient (Wildman–Crippen LogP) is 3.14. The van der Waals surface area contributed by atoms with Gasteiger partial charge >= 0.3 is 0 Å². The number of primary amides is 1. The smallest absolute Gasteiger partial charge is 0.217 e. The molecule has 2 fully saturated rings. The largest absolute Gasteiger partial charge is 0.382 e. The molecule has 1 saturated carbocycles. The molecule has 1 aliphatic carbocycles. The molecule has 0 spiro atoms. The van der Waals surface area contributed by atoms with Crippen LogP contribution in [0.2, 0.25) is 0 Å². The molecule has 1 atom stereocenters. The topological polar surface area (TPSA) is 80.0 Å². The molecule has 1 aliphatic heterocycles. The summed E-state index contributed by atoms with van der Waals surface area (Å²) >= 11 is 0. The van der Waals surface area contributed by atoms with Crippen LogP contribution in [0.1, 0.15) is 65.2 Å². The fourth-order valence-electron chi connectivity index (χ4n) is 4.42. The summed E-state index contributed by atoms with van der Waals surface area (Å²) in [5, 5.41) is 3.46. The van der Waals surface area contributed by atoms with Crippen molar-refractivity contribution in [2.45, 2.75) is 65.2 Å². The van der Waals surface area contributed by atoms with Crippen LogP contribution in [-0.4, -0.2) is 56.2 Å². The SMILES string of the molecule is CCNC(=NCC1(CCOCC)CCCC1)N1CCCC(CC(N)=O)C1.I. The maximum atomic E-state index is 11.3. The first-order valence-corrected chi connectivity index (χ1v) is 10.5. The van der Waals surface area contributed by atoms with Gasteiger partial charge < -0.3 is 20.7 Å². The molecule has 7 heteroatoms. The van der Waals surface area contributed by atoms with E-state index in [0.717, 1.165) is 64.6 Å². The molecule has 2 aliphatic rings. The number of amides is 1. The molecule has 1 amide bonds. The van der Waals surface area contributed by atoms with Gasteiger partial charge in [0.2, 0.25) is 5.91 Å². The van der Waals surface area contributed by atoms with Crippen LogP contribution in [0.15, 0.2) is 4.99 Å². The number of nitrogens with zero attached hydrogens (tertiary/aromatic N) is 2. The molecule has 3 N–H and O–H groups in total. The van der Waals surface area contributed by atoms with E-state index in [2.05, 4.69) is 24.1 Å². The summed E-state index contributed by atoms with van der Waals surface area (Å²) in [7, 11) is 0. The maximum Gasteiger partial charge on any atom is 0.217 e. The molecular weight excluding hydrogens is 455 g/mol. The minimum atomic E-state index is -0.195. The molecule has 6 nitrogen and oxygen atoms in total. The van der Waals surface area contributed by atoms with E-state index in [0.29, 0.717) is 17.8 Å². The molecule has 1 unspecified atom stereocenters. The van der Waals surface area contributed by atoms with E-state index >= 15 is 0 Å². The summed E-state index contributed by atoms with van der Waals surface area (Å²) in [6, 6.07) is 0. The summed E-state index contributed by atoms with van der Waals surface area (Å²) in [5.74, 6) is 1.16. The van der Waals surface area contributed by atoms with Crippen molar-refractivity contribution >= 4 is 35.8 Å². The Bertz CT molecular complexity index is 467. The number of halogens is 1. The van der Waals surface area contributed by atoms with Crippen molar-refractivity contribution in [2.24, 2.45) is 22.1 Å². The molecule has 27 heavy (non-hydrogen) atoms. The van der Waals surface area contributed by atoms with Gasteiger partial charge in [-0.25, -0.2) is 0 Å². The number of nitrogens with one attached hydrogen (secondary N) is 1. The highest BCUT2D eigenvalue weighted by Gasteiger charge is 2.34. The van der Waals surface area contributed by atoms with Crippen LogP contribution in [0.25, 0.3) is 0 Å². The minimum Gasteiger partial charge on any atom is -0.382 e. The number of hydrogen-bond acceptors (Lipinski definition) is 3. The maximum absolute atomic E-state index is 11.3. The normalized spacial score (nSPS) is 22.4. The highest BCUT2D eigenvalue weighted by atomic mass is 127. The molecule has 0 radical (unpaired) electrons. The highest BCUT2D eigenvalue weighted by molar-refractivity contribution is 14.0. The lowest BCUT2D eigenvalue weighted by Gasteiger charge is -2.35. The number of likely N-dealkylation sites (tertiary alicyclic amines) is 1. The van der Waals surface area contributed by atoms with Crippen molar-refractivity contribution < 1.29 is 9.53 Å². The van der Waals surface area contributed by atoms with E-state index in [-0.39, 0.29) is 29.9 Å². The van der Waals surface area contributed by atoms with Crippen molar-refractivity contribution in [3.05, 3.63) is 0 Å². The van der Waals surface area contributed by atoms with Crippen LogP contribution >= 0.6 is 24.0 Å². The van der Waals surface area contributed by atoms with Crippen molar-refractivity contribution in [2.75, 3.05) is 39.4 Å². The molecule has 0 aromatic carbocycles. The second-order valence-corrected chi connectivity index (χ2v) is 7.95. The molecule has 158 valence electrons. The third kappa shape index (κ3) is 8.13. The van der Waals surface area contributed by atoms with Crippen molar-refractivity contribution in [3.8, 4) is 0 Å². The van der Waals surface area contributed by atoms with Crippen molar-refractivity contribution in [1.29, 1.82) is 0 Å². The van der Waals surface area contributed by atoms with Gasteiger partial charge in [-0.2, -0.15) is 0 Å². The van der Waals surface area contributed by atoms with Gasteiger partial charge in [0, 0.05) is 45.8 Å². The number of nitrogens with two attached hydrogens (primary N) is 1. The van der Waals surface area contributed by atoms with E-state index in [1.807, 2.05) is 0 Å². The summed E-state index contributed by atoms with van der Waals surface area (Å²) in [6.45, 7) is 9.42. The number of rotatable bonds is 9.